The van der Waals surface area contributed by atoms with E-state index in [0.717, 1.165) is 18.0 Å². The Morgan fingerprint density at radius 2 is 1.88 bits per heavy atom. The molecule has 0 aliphatic carbocycles. The molecule has 0 heterocycles. The highest BCUT2D eigenvalue weighted by molar-refractivity contribution is 5.45. The highest BCUT2D eigenvalue weighted by Gasteiger charge is 2.05. The van der Waals surface area contributed by atoms with Gasteiger partial charge in [0.05, 0.1) is 0 Å². The van der Waals surface area contributed by atoms with Crippen LogP contribution in [0.5, 0.6) is 0 Å². The molecule has 0 saturated carbocycles. The molecule has 0 aliphatic rings. The van der Waals surface area contributed by atoms with Crippen molar-refractivity contribution in [2.45, 2.75) is 46.6 Å². The van der Waals surface area contributed by atoms with E-state index in [1.807, 2.05) is 12.1 Å². The number of rotatable bonds is 5. The van der Waals surface area contributed by atoms with E-state index in [-0.39, 0.29) is 5.82 Å². The van der Waals surface area contributed by atoms with Crippen LogP contribution in [0.3, 0.4) is 0 Å². The van der Waals surface area contributed by atoms with Crippen LogP contribution in [0.25, 0.3) is 0 Å². The minimum atomic E-state index is -0.138. The van der Waals surface area contributed by atoms with Crippen LogP contribution in [-0.2, 0) is 0 Å². The first-order chi connectivity index (χ1) is 7.49. The minimum absolute atomic E-state index is 0.138. The molecule has 1 rings (SSSR count). The lowest BCUT2D eigenvalue weighted by Crippen LogP contribution is -2.15. The van der Waals surface area contributed by atoms with Crippen LogP contribution in [0.15, 0.2) is 18.2 Å². The molecule has 0 spiro atoms. The van der Waals surface area contributed by atoms with E-state index in [1.54, 1.807) is 13.0 Å². The van der Waals surface area contributed by atoms with Crippen LogP contribution in [0.1, 0.15) is 39.2 Å². The highest BCUT2D eigenvalue weighted by atomic mass is 19.1. The maximum atomic E-state index is 13.3. The zero-order valence-electron chi connectivity index (χ0n) is 10.7. The van der Waals surface area contributed by atoms with Gasteiger partial charge in [0, 0.05) is 11.7 Å². The largest absolute Gasteiger partial charge is 0.383 e. The van der Waals surface area contributed by atoms with Gasteiger partial charge in [0.25, 0.3) is 0 Å². The van der Waals surface area contributed by atoms with Gasteiger partial charge in [-0.05, 0) is 50.3 Å². The first-order valence-corrected chi connectivity index (χ1v) is 6.01. The molecule has 0 radical (unpaired) electrons. The molecular formula is C14H22FN. The number of nitrogens with one attached hydrogen (secondary N) is 1. The molecule has 0 aromatic heterocycles. The van der Waals surface area contributed by atoms with Crippen molar-refractivity contribution in [3.63, 3.8) is 0 Å². The van der Waals surface area contributed by atoms with Crippen molar-refractivity contribution in [2.75, 3.05) is 5.32 Å². The van der Waals surface area contributed by atoms with Crippen LogP contribution in [0.4, 0.5) is 10.1 Å². The van der Waals surface area contributed by atoms with Gasteiger partial charge in [-0.2, -0.15) is 0 Å². The number of benzene rings is 1. The third-order valence-electron chi connectivity index (χ3n) is 2.76. The number of hydrogen-bond donors (Lipinski definition) is 1. The fourth-order valence-corrected chi connectivity index (χ4v) is 1.62. The first-order valence-electron chi connectivity index (χ1n) is 6.01. The zero-order valence-corrected chi connectivity index (χ0v) is 10.7. The summed E-state index contributed by atoms with van der Waals surface area (Å²) in [6, 6.07) is 5.71. The third-order valence-corrected chi connectivity index (χ3v) is 2.76. The fraction of sp³-hybridized carbons (Fsp3) is 0.571. The highest BCUT2D eigenvalue weighted by Crippen LogP contribution is 2.16. The van der Waals surface area contributed by atoms with Crippen molar-refractivity contribution in [3.8, 4) is 0 Å². The standard InChI is InChI=1S/C14H22FN/c1-10(2)5-7-12(4)16-13-8-6-11(3)14(15)9-13/h6,8-10,12,16H,5,7H2,1-4H3. The van der Waals surface area contributed by atoms with E-state index in [2.05, 4.69) is 26.1 Å². The van der Waals surface area contributed by atoms with Crippen molar-refractivity contribution < 1.29 is 4.39 Å². The summed E-state index contributed by atoms with van der Waals surface area (Å²) in [6.07, 6.45) is 2.32. The molecule has 0 fully saturated rings. The lowest BCUT2D eigenvalue weighted by molar-refractivity contribution is 0.527. The van der Waals surface area contributed by atoms with Gasteiger partial charge in [-0.25, -0.2) is 4.39 Å². The Hall–Kier alpha value is -1.05. The number of halogens is 1. The molecule has 1 unspecified atom stereocenters. The second kappa shape index (κ2) is 5.88. The predicted molar refractivity (Wildman–Crippen MR) is 68.3 cm³/mol. The van der Waals surface area contributed by atoms with E-state index in [1.165, 1.54) is 6.42 Å². The van der Waals surface area contributed by atoms with Crippen molar-refractivity contribution in [1.29, 1.82) is 0 Å². The van der Waals surface area contributed by atoms with E-state index < -0.39 is 0 Å². The Labute approximate surface area is 98.1 Å². The Morgan fingerprint density at radius 1 is 1.19 bits per heavy atom. The number of aryl methyl sites for hydroxylation is 1. The molecule has 1 aromatic rings. The summed E-state index contributed by atoms with van der Waals surface area (Å²) in [5.74, 6) is 0.583. The second-order valence-electron chi connectivity index (χ2n) is 4.98. The van der Waals surface area contributed by atoms with Crippen LogP contribution < -0.4 is 5.32 Å². The predicted octanol–water partition coefficient (Wildman–Crippen LogP) is 4.37. The summed E-state index contributed by atoms with van der Waals surface area (Å²) in [5, 5.41) is 3.33. The van der Waals surface area contributed by atoms with Crippen molar-refractivity contribution in [3.05, 3.63) is 29.6 Å². The number of anilines is 1. The molecule has 0 saturated heterocycles. The van der Waals surface area contributed by atoms with E-state index in [9.17, 15) is 4.39 Å². The smallest absolute Gasteiger partial charge is 0.128 e. The normalized spacial score (nSPS) is 12.9. The third kappa shape index (κ3) is 4.21. The summed E-state index contributed by atoms with van der Waals surface area (Å²) in [7, 11) is 0. The maximum Gasteiger partial charge on any atom is 0.128 e. The monoisotopic (exact) mass is 223 g/mol. The molecule has 0 amide bonds. The Morgan fingerprint density at radius 3 is 2.44 bits per heavy atom. The summed E-state index contributed by atoms with van der Waals surface area (Å²) in [4.78, 5) is 0. The first kappa shape index (κ1) is 13.0. The van der Waals surface area contributed by atoms with Crippen molar-refractivity contribution >= 4 is 5.69 Å². The minimum Gasteiger partial charge on any atom is -0.383 e. The van der Waals surface area contributed by atoms with Crippen LogP contribution in [-0.4, -0.2) is 6.04 Å². The van der Waals surface area contributed by atoms with Crippen molar-refractivity contribution in [2.24, 2.45) is 5.92 Å². The fourth-order valence-electron chi connectivity index (χ4n) is 1.62. The summed E-state index contributed by atoms with van der Waals surface area (Å²) in [6.45, 7) is 8.36. The molecule has 1 aromatic carbocycles. The van der Waals surface area contributed by atoms with Gasteiger partial charge >= 0.3 is 0 Å². The van der Waals surface area contributed by atoms with E-state index in [4.69, 9.17) is 0 Å². The molecule has 90 valence electrons. The average molecular weight is 223 g/mol. The molecule has 0 aliphatic heterocycles. The summed E-state index contributed by atoms with van der Waals surface area (Å²) < 4.78 is 13.3. The molecule has 0 bridgehead atoms. The van der Waals surface area contributed by atoms with Crippen LogP contribution in [0, 0.1) is 18.7 Å². The number of hydrogen-bond acceptors (Lipinski definition) is 1. The molecule has 1 N–H and O–H groups in total. The van der Waals surface area contributed by atoms with Crippen LogP contribution in [0.2, 0.25) is 0 Å². The van der Waals surface area contributed by atoms with E-state index >= 15 is 0 Å². The second-order valence-corrected chi connectivity index (χ2v) is 4.98. The van der Waals surface area contributed by atoms with Gasteiger partial charge in [-0.1, -0.05) is 19.9 Å². The lowest BCUT2D eigenvalue weighted by atomic mass is 10.0. The lowest BCUT2D eigenvalue weighted by Gasteiger charge is -2.16. The zero-order chi connectivity index (χ0) is 12.1. The van der Waals surface area contributed by atoms with Gasteiger partial charge in [0.2, 0.25) is 0 Å². The van der Waals surface area contributed by atoms with Gasteiger partial charge in [-0.15, -0.1) is 0 Å². The quantitative estimate of drug-likeness (QED) is 0.781. The molecule has 1 atom stereocenters. The SMILES string of the molecule is Cc1ccc(NC(C)CCC(C)C)cc1F. The Kier molecular flexibility index (Phi) is 4.78. The van der Waals surface area contributed by atoms with E-state index in [0.29, 0.717) is 11.6 Å². The van der Waals surface area contributed by atoms with Gasteiger partial charge < -0.3 is 5.32 Å². The topological polar surface area (TPSA) is 12.0 Å². The van der Waals surface area contributed by atoms with Gasteiger partial charge in [-0.3, -0.25) is 0 Å². The maximum absolute atomic E-state index is 13.3. The summed E-state index contributed by atoms with van der Waals surface area (Å²) in [5.41, 5.74) is 1.57. The van der Waals surface area contributed by atoms with Gasteiger partial charge in [0.1, 0.15) is 5.82 Å². The van der Waals surface area contributed by atoms with Crippen molar-refractivity contribution in [1.82, 2.24) is 0 Å². The average Bonchev–Trinajstić information content (AvgIpc) is 2.21. The van der Waals surface area contributed by atoms with Crippen LogP contribution >= 0.6 is 0 Å². The molecular weight excluding hydrogens is 201 g/mol. The Bertz CT molecular complexity index is 334. The van der Waals surface area contributed by atoms with Gasteiger partial charge in [0.15, 0.2) is 0 Å². The Balaban J connectivity index is 2.49. The molecule has 16 heavy (non-hydrogen) atoms. The molecule has 1 nitrogen and oxygen atoms in total. The molecule has 2 heteroatoms. The summed E-state index contributed by atoms with van der Waals surface area (Å²) >= 11 is 0.